The summed E-state index contributed by atoms with van der Waals surface area (Å²) in [5.74, 6) is 0. The number of ether oxygens (including phenoxy) is 1. The molecule has 0 radical (unpaired) electrons. The van der Waals surface area contributed by atoms with Crippen molar-refractivity contribution in [3.8, 4) is 0 Å². The zero-order valence-corrected chi connectivity index (χ0v) is 8.58. The van der Waals surface area contributed by atoms with Gasteiger partial charge in [-0.2, -0.15) is 0 Å². The van der Waals surface area contributed by atoms with Crippen LogP contribution in [0.2, 0.25) is 0 Å². The second-order valence-electron chi connectivity index (χ2n) is 2.40. The minimum absolute atomic E-state index is 0.249. The van der Waals surface area contributed by atoms with Gasteiger partial charge in [-0.1, -0.05) is 0 Å². The third kappa shape index (κ3) is 4.18. The van der Waals surface area contributed by atoms with Crippen LogP contribution in [0.25, 0.3) is 0 Å². The maximum Gasteiger partial charge on any atom is 0.472 e. The molecule has 0 aliphatic heterocycles. The van der Waals surface area contributed by atoms with Crippen LogP contribution in [0, 0.1) is 0 Å². The van der Waals surface area contributed by atoms with E-state index in [1.807, 2.05) is 0 Å². The zero-order valence-electron chi connectivity index (χ0n) is 7.68. The van der Waals surface area contributed by atoms with Crippen molar-refractivity contribution in [2.24, 2.45) is 0 Å². The van der Waals surface area contributed by atoms with E-state index in [4.69, 9.17) is 14.2 Å². The van der Waals surface area contributed by atoms with Gasteiger partial charge in [-0.05, 0) is 13.8 Å². The summed E-state index contributed by atoms with van der Waals surface area (Å²) in [5, 5.41) is 0. The van der Waals surface area contributed by atoms with Crippen molar-refractivity contribution in [2.75, 3.05) is 14.2 Å². The lowest BCUT2D eigenvalue weighted by molar-refractivity contribution is 0.00576. The first-order chi connectivity index (χ1) is 5.43. The fraction of sp³-hybridized carbons (Fsp3) is 1.00. The van der Waals surface area contributed by atoms with Crippen LogP contribution in [0.3, 0.4) is 0 Å². The lowest BCUT2D eigenvalue weighted by atomic mass is 10.3. The molecular weight excluding hydrogens is 183 g/mol. The quantitative estimate of drug-likeness (QED) is 0.672. The van der Waals surface area contributed by atoms with Gasteiger partial charge in [0.25, 0.3) is 0 Å². The van der Waals surface area contributed by atoms with Crippen LogP contribution in [0.1, 0.15) is 13.8 Å². The smallest absolute Gasteiger partial charge is 0.379 e. The van der Waals surface area contributed by atoms with E-state index in [0.29, 0.717) is 0 Å². The molecule has 3 unspecified atom stereocenters. The normalized spacial score (nSPS) is 21.4. The lowest BCUT2D eigenvalue weighted by Gasteiger charge is -2.20. The number of rotatable bonds is 5. The Morgan fingerprint density at radius 2 is 1.75 bits per heavy atom. The van der Waals surface area contributed by atoms with Crippen molar-refractivity contribution < 1.29 is 23.2 Å². The van der Waals surface area contributed by atoms with Gasteiger partial charge in [0.15, 0.2) is 0 Å². The molecule has 12 heavy (non-hydrogen) atoms. The second-order valence-corrected chi connectivity index (χ2v) is 3.92. The largest absolute Gasteiger partial charge is 0.472 e. The molecule has 0 rings (SSSR count). The Morgan fingerprint density at radius 3 is 2.08 bits per heavy atom. The molecule has 1 N–H and O–H groups in total. The van der Waals surface area contributed by atoms with Crippen LogP contribution in [-0.2, 0) is 18.3 Å². The summed E-state index contributed by atoms with van der Waals surface area (Å²) < 4.78 is 24.7. The minimum atomic E-state index is -3.88. The summed E-state index contributed by atoms with van der Waals surface area (Å²) in [6, 6.07) is 0. The Kier molecular flexibility index (Phi) is 4.97. The first-order valence-electron chi connectivity index (χ1n) is 3.52. The highest BCUT2D eigenvalue weighted by Gasteiger charge is 2.25. The Bertz CT molecular complexity index is 171. The van der Waals surface area contributed by atoms with E-state index in [1.54, 1.807) is 13.8 Å². The molecule has 5 nitrogen and oxygen atoms in total. The molecule has 3 atom stereocenters. The fourth-order valence-electron chi connectivity index (χ4n) is 0.530. The lowest BCUT2D eigenvalue weighted by Crippen LogP contribution is -2.24. The highest BCUT2D eigenvalue weighted by atomic mass is 31.2. The Hall–Kier alpha value is 0.0700. The van der Waals surface area contributed by atoms with E-state index in [2.05, 4.69) is 4.52 Å². The molecule has 0 aromatic carbocycles. The molecule has 74 valence electrons. The molecule has 0 aliphatic rings. The van der Waals surface area contributed by atoms with E-state index in [0.717, 1.165) is 7.11 Å². The van der Waals surface area contributed by atoms with E-state index < -0.39 is 13.9 Å². The Balaban J connectivity index is 3.99. The summed E-state index contributed by atoms with van der Waals surface area (Å²) >= 11 is 0. The van der Waals surface area contributed by atoms with Gasteiger partial charge >= 0.3 is 7.82 Å². The Labute approximate surface area is 72.2 Å². The molecule has 0 fully saturated rings. The van der Waals surface area contributed by atoms with Crippen molar-refractivity contribution >= 4 is 7.82 Å². The highest BCUT2D eigenvalue weighted by molar-refractivity contribution is 7.47. The molecule has 0 aromatic heterocycles. The molecular formula is C6H15O5P. The number of hydrogen-bond acceptors (Lipinski definition) is 4. The monoisotopic (exact) mass is 198 g/mol. The van der Waals surface area contributed by atoms with E-state index in [-0.39, 0.29) is 6.10 Å². The molecule has 0 aromatic rings. The number of methoxy groups -OCH3 is 1. The van der Waals surface area contributed by atoms with Crippen molar-refractivity contribution in [3.05, 3.63) is 0 Å². The van der Waals surface area contributed by atoms with Gasteiger partial charge in [0.2, 0.25) is 0 Å². The summed E-state index contributed by atoms with van der Waals surface area (Å²) in [5.41, 5.74) is 0. The molecule has 0 aliphatic carbocycles. The molecule has 0 saturated carbocycles. The topological polar surface area (TPSA) is 65.0 Å². The molecule has 0 saturated heterocycles. The van der Waals surface area contributed by atoms with Crippen LogP contribution in [0.4, 0.5) is 0 Å². The van der Waals surface area contributed by atoms with Crippen LogP contribution >= 0.6 is 7.82 Å². The van der Waals surface area contributed by atoms with Gasteiger partial charge in [-0.3, -0.25) is 9.05 Å². The maximum absolute atomic E-state index is 10.9. The molecule has 0 spiro atoms. The number of phosphoric acid groups is 1. The molecule has 0 amide bonds. The van der Waals surface area contributed by atoms with Gasteiger partial charge in [-0.15, -0.1) is 0 Å². The third-order valence-electron chi connectivity index (χ3n) is 1.56. The first-order valence-corrected chi connectivity index (χ1v) is 5.02. The Morgan fingerprint density at radius 1 is 1.25 bits per heavy atom. The molecule has 0 heterocycles. The SMILES string of the molecule is COC(C)C(C)OP(=O)(O)OC. The van der Waals surface area contributed by atoms with E-state index >= 15 is 0 Å². The fourth-order valence-corrected chi connectivity index (χ4v) is 1.21. The van der Waals surface area contributed by atoms with Crippen molar-refractivity contribution in [3.63, 3.8) is 0 Å². The standard InChI is InChI=1S/C6H15O5P/c1-5(9-3)6(2)11-12(7,8)10-4/h5-6H,1-4H3,(H,7,8). The van der Waals surface area contributed by atoms with Crippen LogP contribution in [-0.4, -0.2) is 31.3 Å². The van der Waals surface area contributed by atoms with Gasteiger partial charge in [0.1, 0.15) is 0 Å². The van der Waals surface area contributed by atoms with Gasteiger partial charge < -0.3 is 9.63 Å². The minimum Gasteiger partial charge on any atom is -0.379 e. The van der Waals surface area contributed by atoms with Crippen molar-refractivity contribution in [1.29, 1.82) is 0 Å². The predicted octanol–water partition coefficient (Wildman–Crippen LogP) is 1.17. The highest BCUT2D eigenvalue weighted by Crippen LogP contribution is 2.43. The van der Waals surface area contributed by atoms with E-state index in [9.17, 15) is 4.57 Å². The van der Waals surface area contributed by atoms with Crippen molar-refractivity contribution in [2.45, 2.75) is 26.1 Å². The molecule has 6 heteroatoms. The van der Waals surface area contributed by atoms with E-state index in [1.165, 1.54) is 7.11 Å². The van der Waals surface area contributed by atoms with Crippen LogP contribution in [0.5, 0.6) is 0 Å². The summed E-state index contributed by atoms with van der Waals surface area (Å²) in [6.45, 7) is 3.37. The summed E-state index contributed by atoms with van der Waals surface area (Å²) in [7, 11) is -1.26. The average molecular weight is 198 g/mol. The average Bonchev–Trinajstić information content (AvgIpc) is 2.02. The first kappa shape index (κ1) is 12.1. The van der Waals surface area contributed by atoms with Crippen LogP contribution in [0.15, 0.2) is 0 Å². The third-order valence-corrected chi connectivity index (χ3v) is 2.62. The van der Waals surface area contributed by atoms with Gasteiger partial charge in [0.05, 0.1) is 12.2 Å². The number of hydrogen-bond donors (Lipinski definition) is 1. The van der Waals surface area contributed by atoms with Crippen LogP contribution < -0.4 is 0 Å². The van der Waals surface area contributed by atoms with Gasteiger partial charge in [0, 0.05) is 14.2 Å². The zero-order chi connectivity index (χ0) is 9.78. The van der Waals surface area contributed by atoms with Gasteiger partial charge in [-0.25, -0.2) is 4.57 Å². The predicted molar refractivity (Wildman–Crippen MR) is 43.9 cm³/mol. The summed E-state index contributed by atoms with van der Waals surface area (Å²) in [4.78, 5) is 8.89. The number of phosphoric ester groups is 1. The molecule has 0 bridgehead atoms. The van der Waals surface area contributed by atoms with Crippen molar-refractivity contribution in [1.82, 2.24) is 0 Å². The second kappa shape index (κ2) is 4.94. The maximum atomic E-state index is 10.9. The summed E-state index contributed by atoms with van der Waals surface area (Å²) in [6.07, 6.45) is -0.730.